The van der Waals surface area contributed by atoms with Crippen molar-refractivity contribution in [1.82, 2.24) is 4.98 Å². The molecule has 0 aliphatic rings. The molecule has 0 spiro atoms. The largest absolute Gasteiger partial charge is 0.308 e. The summed E-state index contributed by atoms with van der Waals surface area (Å²) in [6.07, 6.45) is 0. The molecule has 90 valence electrons. The van der Waals surface area contributed by atoms with Gasteiger partial charge in [0.1, 0.15) is 11.6 Å². The van der Waals surface area contributed by atoms with Gasteiger partial charge in [0.2, 0.25) is 0 Å². The lowest BCUT2D eigenvalue weighted by Gasteiger charge is -2.13. The van der Waals surface area contributed by atoms with Crippen LogP contribution in [0.2, 0.25) is 5.02 Å². The lowest BCUT2D eigenvalue weighted by Crippen LogP contribution is -2.12. The normalized spacial score (nSPS) is 11.2. The first-order valence-electron chi connectivity index (χ1n) is 5.30. The topological polar surface area (TPSA) is 50.9 Å². The third kappa shape index (κ3) is 2.06. The van der Waals surface area contributed by atoms with Crippen LogP contribution in [0.25, 0.3) is 10.9 Å². The standard InChI is InChI=1S/C12H13ClFN3/c1-6(2)7-5-8-10(14)4-3-9(13)11(8)16-12(7)17-15/h3-6H,15H2,1-2H3,(H,16,17). The van der Waals surface area contributed by atoms with Gasteiger partial charge >= 0.3 is 0 Å². The smallest absolute Gasteiger partial charge is 0.144 e. The number of hydrogen-bond donors (Lipinski definition) is 2. The zero-order chi connectivity index (χ0) is 12.6. The molecule has 3 nitrogen and oxygen atoms in total. The van der Waals surface area contributed by atoms with Crippen molar-refractivity contribution in [1.29, 1.82) is 0 Å². The number of halogens is 2. The van der Waals surface area contributed by atoms with Crippen LogP contribution in [-0.4, -0.2) is 4.98 Å². The highest BCUT2D eigenvalue weighted by Crippen LogP contribution is 2.31. The first-order valence-corrected chi connectivity index (χ1v) is 5.67. The zero-order valence-corrected chi connectivity index (χ0v) is 10.3. The van der Waals surface area contributed by atoms with E-state index >= 15 is 0 Å². The van der Waals surface area contributed by atoms with Crippen LogP contribution in [0.4, 0.5) is 10.2 Å². The number of nitrogens with zero attached hydrogens (tertiary/aromatic N) is 1. The van der Waals surface area contributed by atoms with Gasteiger partial charge in [-0.2, -0.15) is 0 Å². The number of nitrogen functional groups attached to an aromatic ring is 1. The van der Waals surface area contributed by atoms with Gasteiger partial charge in [0, 0.05) is 5.39 Å². The SMILES string of the molecule is CC(C)c1cc2c(F)ccc(Cl)c2nc1NN. The molecule has 0 unspecified atom stereocenters. The average molecular weight is 254 g/mol. The van der Waals surface area contributed by atoms with Gasteiger partial charge in [-0.1, -0.05) is 25.4 Å². The quantitative estimate of drug-likeness (QED) is 0.637. The Bertz CT molecular complexity index is 569. The predicted octanol–water partition coefficient (Wildman–Crippen LogP) is 3.44. The maximum atomic E-state index is 13.7. The molecule has 1 aromatic carbocycles. The number of nitrogens with one attached hydrogen (secondary N) is 1. The molecule has 0 atom stereocenters. The summed E-state index contributed by atoms with van der Waals surface area (Å²) in [5.41, 5.74) is 3.81. The Morgan fingerprint density at radius 2 is 2.12 bits per heavy atom. The lowest BCUT2D eigenvalue weighted by atomic mass is 10.0. The molecule has 1 aromatic heterocycles. The van der Waals surface area contributed by atoms with E-state index in [1.807, 2.05) is 13.8 Å². The van der Waals surface area contributed by atoms with E-state index in [4.69, 9.17) is 17.4 Å². The van der Waals surface area contributed by atoms with Crippen molar-refractivity contribution in [2.45, 2.75) is 19.8 Å². The highest BCUT2D eigenvalue weighted by molar-refractivity contribution is 6.35. The van der Waals surface area contributed by atoms with Gasteiger partial charge in [0.15, 0.2) is 0 Å². The van der Waals surface area contributed by atoms with E-state index < -0.39 is 0 Å². The monoisotopic (exact) mass is 253 g/mol. The summed E-state index contributed by atoms with van der Waals surface area (Å²) in [6.45, 7) is 3.98. The molecule has 0 aliphatic heterocycles. The number of anilines is 1. The fourth-order valence-corrected chi connectivity index (χ4v) is 1.97. The molecule has 0 bridgehead atoms. The number of hydrogen-bond acceptors (Lipinski definition) is 3. The fraction of sp³-hybridized carbons (Fsp3) is 0.250. The van der Waals surface area contributed by atoms with Gasteiger partial charge in [0.05, 0.1) is 10.5 Å². The third-order valence-electron chi connectivity index (χ3n) is 2.67. The van der Waals surface area contributed by atoms with E-state index in [2.05, 4.69) is 10.4 Å². The fourth-order valence-electron chi connectivity index (χ4n) is 1.76. The maximum absolute atomic E-state index is 13.7. The van der Waals surface area contributed by atoms with Crippen molar-refractivity contribution in [3.05, 3.63) is 34.6 Å². The molecular weight excluding hydrogens is 241 g/mol. The Labute approximate surface area is 104 Å². The molecule has 0 radical (unpaired) electrons. The number of rotatable bonds is 2. The van der Waals surface area contributed by atoms with Crippen LogP contribution in [0.15, 0.2) is 18.2 Å². The van der Waals surface area contributed by atoms with Crippen molar-refractivity contribution in [2.24, 2.45) is 5.84 Å². The molecule has 1 heterocycles. The van der Waals surface area contributed by atoms with E-state index in [1.54, 1.807) is 6.07 Å². The van der Waals surface area contributed by atoms with Crippen molar-refractivity contribution in [3.8, 4) is 0 Å². The Morgan fingerprint density at radius 3 is 2.71 bits per heavy atom. The Morgan fingerprint density at radius 1 is 1.41 bits per heavy atom. The van der Waals surface area contributed by atoms with Crippen LogP contribution in [0.1, 0.15) is 25.3 Å². The molecule has 5 heteroatoms. The van der Waals surface area contributed by atoms with Gasteiger partial charge < -0.3 is 5.43 Å². The minimum absolute atomic E-state index is 0.191. The zero-order valence-electron chi connectivity index (χ0n) is 9.59. The third-order valence-corrected chi connectivity index (χ3v) is 2.98. The number of benzene rings is 1. The van der Waals surface area contributed by atoms with Crippen molar-refractivity contribution in [2.75, 3.05) is 5.43 Å². The van der Waals surface area contributed by atoms with Crippen LogP contribution in [0.5, 0.6) is 0 Å². The lowest BCUT2D eigenvalue weighted by molar-refractivity contribution is 0.639. The molecule has 2 aromatic rings. The van der Waals surface area contributed by atoms with E-state index in [-0.39, 0.29) is 11.7 Å². The van der Waals surface area contributed by atoms with E-state index in [1.165, 1.54) is 12.1 Å². The summed E-state index contributed by atoms with van der Waals surface area (Å²) in [5.74, 6) is 5.81. The Hall–Kier alpha value is -1.39. The molecule has 17 heavy (non-hydrogen) atoms. The second-order valence-corrected chi connectivity index (χ2v) is 4.56. The summed E-state index contributed by atoms with van der Waals surface area (Å²) in [7, 11) is 0. The first kappa shape index (κ1) is 12.1. The summed E-state index contributed by atoms with van der Waals surface area (Å²) in [4.78, 5) is 4.27. The summed E-state index contributed by atoms with van der Waals surface area (Å²) in [5, 5.41) is 0.827. The van der Waals surface area contributed by atoms with Gasteiger partial charge in [-0.05, 0) is 29.7 Å². The highest BCUT2D eigenvalue weighted by atomic mass is 35.5. The van der Waals surface area contributed by atoms with Crippen LogP contribution in [0.3, 0.4) is 0 Å². The van der Waals surface area contributed by atoms with Crippen molar-refractivity contribution in [3.63, 3.8) is 0 Å². The molecule has 0 aliphatic carbocycles. The van der Waals surface area contributed by atoms with Gasteiger partial charge in [0.25, 0.3) is 0 Å². The van der Waals surface area contributed by atoms with Crippen LogP contribution >= 0.6 is 11.6 Å². The minimum atomic E-state index is -0.331. The number of nitrogens with two attached hydrogens (primary N) is 1. The van der Waals surface area contributed by atoms with Crippen LogP contribution < -0.4 is 11.3 Å². The number of pyridine rings is 1. The molecule has 0 saturated heterocycles. The molecule has 0 amide bonds. The van der Waals surface area contributed by atoms with Crippen LogP contribution in [-0.2, 0) is 0 Å². The number of aromatic nitrogens is 1. The second kappa shape index (κ2) is 4.47. The molecular formula is C12H13ClFN3. The maximum Gasteiger partial charge on any atom is 0.144 e. The molecule has 0 saturated carbocycles. The minimum Gasteiger partial charge on any atom is -0.308 e. The molecule has 2 rings (SSSR count). The Balaban J connectivity index is 2.83. The predicted molar refractivity (Wildman–Crippen MR) is 68.6 cm³/mol. The number of hydrazine groups is 1. The van der Waals surface area contributed by atoms with E-state index in [0.717, 1.165) is 5.56 Å². The Kier molecular flexibility index (Phi) is 3.17. The van der Waals surface area contributed by atoms with Crippen molar-refractivity contribution >= 4 is 28.3 Å². The van der Waals surface area contributed by atoms with Gasteiger partial charge in [-0.25, -0.2) is 15.2 Å². The van der Waals surface area contributed by atoms with Gasteiger partial charge in [-0.15, -0.1) is 0 Å². The van der Waals surface area contributed by atoms with Gasteiger partial charge in [-0.3, -0.25) is 0 Å². The number of fused-ring (bicyclic) bond motifs is 1. The first-order chi connectivity index (χ1) is 8.04. The summed E-state index contributed by atoms with van der Waals surface area (Å²) in [6, 6.07) is 4.57. The summed E-state index contributed by atoms with van der Waals surface area (Å²) >= 11 is 5.99. The summed E-state index contributed by atoms with van der Waals surface area (Å²) < 4.78 is 13.7. The molecule has 0 fully saturated rings. The molecule has 3 N–H and O–H groups in total. The average Bonchev–Trinajstić information content (AvgIpc) is 2.32. The second-order valence-electron chi connectivity index (χ2n) is 4.15. The van der Waals surface area contributed by atoms with Crippen molar-refractivity contribution < 1.29 is 4.39 Å². The van der Waals surface area contributed by atoms with E-state index in [9.17, 15) is 4.39 Å². The van der Waals surface area contributed by atoms with E-state index in [0.29, 0.717) is 21.7 Å². The van der Waals surface area contributed by atoms with Crippen LogP contribution in [0, 0.1) is 5.82 Å². The highest BCUT2D eigenvalue weighted by Gasteiger charge is 2.13.